The normalized spacial score (nSPS) is 14.9. The van der Waals surface area contributed by atoms with E-state index in [0.29, 0.717) is 5.92 Å². The Balaban J connectivity index is 1.40. The van der Waals surface area contributed by atoms with Crippen LogP contribution in [0, 0.1) is 5.92 Å². The summed E-state index contributed by atoms with van der Waals surface area (Å²) in [6.07, 6.45) is 5.05. The number of nitrogens with zero attached hydrogens (tertiary/aromatic N) is 3. The number of nitrogens with one attached hydrogen (secondary N) is 2. The molecule has 2 aromatic rings. The molecule has 1 saturated heterocycles. The van der Waals surface area contributed by atoms with E-state index in [1.807, 2.05) is 18.2 Å². The summed E-state index contributed by atoms with van der Waals surface area (Å²) in [5.41, 5.74) is 1.24. The van der Waals surface area contributed by atoms with Crippen LogP contribution in [0.1, 0.15) is 44.0 Å². The van der Waals surface area contributed by atoms with Gasteiger partial charge in [0.2, 0.25) is 5.13 Å². The molecule has 0 radical (unpaired) electrons. The summed E-state index contributed by atoms with van der Waals surface area (Å²) in [6, 6.07) is 10.3. The van der Waals surface area contributed by atoms with Gasteiger partial charge in [0, 0.05) is 44.1 Å². The molecule has 0 aliphatic carbocycles. The molecule has 1 aromatic heterocycles. The zero-order valence-corrected chi connectivity index (χ0v) is 16.8. The topological polar surface area (TPSA) is 70.2 Å². The minimum Gasteiger partial charge on any atom is -0.347 e. The highest BCUT2D eigenvalue weighted by Gasteiger charge is 2.22. The minimum absolute atomic E-state index is 0.0412. The maximum absolute atomic E-state index is 11.7. The Morgan fingerprint density at radius 1 is 1.22 bits per heavy atom. The van der Waals surface area contributed by atoms with Crippen LogP contribution in [0.15, 0.2) is 30.3 Å². The van der Waals surface area contributed by atoms with E-state index in [1.54, 1.807) is 0 Å². The van der Waals surface area contributed by atoms with Crippen molar-refractivity contribution in [1.29, 1.82) is 0 Å². The first-order chi connectivity index (χ1) is 13.2. The SMILES string of the molecule is CCCCNC(=O)NCC1CCN(c2nc(Cc3ccccc3)ns2)CC1. The van der Waals surface area contributed by atoms with Crippen LogP contribution in [0.4, 0.5) is 9.93 Å². The molecule has 1 aliphatic heterocycles. The second-order valence-electron chi connectivity index (χ2n) is 7.08. The van der Waals surface area contributed by atoms with Crippen molar-refractivity contribution in [3.63, 3.8) is 0 Å². The van der Waals surface area contributed by atoms with Gasteiger partial charge in [-0.1, -0.05) is 43.7 Å². The van der Waals surface area contributed by atoms with Crippen molar-refractivity contribution in [1.82, 2.24) is 20.0 Å². The molecule has 6 nitrogen and oxygen atoms in total. The molecule has 1 aliphatic rings. The Morgan fingerprint density at radius 2 is 2.00 bits per heavy atom. The third-order valence-corrected chi connectivity index (χ3v) is 5.73. The van der Waals surface area contributed by atoms with Gasteiger partial charge in [-0.2, -0.15) is 4.37 Å². The highest BCUT2D eigenvalue weighted by molar-refractivity contribution is 7.09. The van der Waals surface area contributed by atoms with Crippen LogP contribution >= 0.6 is 11.5 Å². The lowest BCUT2D eigenvalue weighted by Crippen LogP contribution is -2.42. The van der Waals surface area contributed by atoms with Gasteiger partial charge in [-0.3, -0.25) is 0 Å². The predicted octanol–water partition coefficient (Wildman–Crippen LogP) is 3.44. The minimum atomic E-state index is -0.0412. The maximum Gasteiger partial charge on any atom is 0.314 e. The zero-order valence-electron chi connectivity index (χ0n) is 16.0. The van der Waals surface area contributed by atoms with Gasteiger partial charge in [0.25, 0.3) is 0 Å². The fourth-order valence-corrected chi connectivity index (χ4v) is 3.97. The second kappa shape index (κ2) is 10.3. The van der Waals surface area contributed by atoms with E-state index in [1.165, 1.54) is 17.1 Å². The van der Waals surface area contributed by atoms with Crippen LogP contribution in [-0.4, -0.2) is 41.6 Å². The first kappa shape index (κ1) is 19.6. The van der Waals surface area contributed by atoms with Crippen molar-refractivity contribution in [2.75, 3.05) is 31.1 Å². The number of anilines is 1. The average molecular weight is 388 g/mol. The van der Waals surface area contributed by atoms with Crippen LogP contribution < -0.4 is 15.5 Å². The predicted molar refractivity (Wildman–Crippen MR) is 110 cm³/mol. The first-order valence-electron chi connectivity index (χ1n) is 9.87. The van der Waals surface area contributed by atoms with E-state index in [0.717, 1.165) is 69.2 Å². The monoisotopic (exact) mass is 387 g/mol. The molecule has 2 heterocycles. The van der Waals surface area contributed by atoms with Crippen molar-refractivity contribution in [3.8, 4) is 0 Å². The number of aromatic nitrogens is 2. The number of benzene rings is 1. The molecular formula is C20H29N5OS. The highest BCUT2D eigenvalue weighted by Crippen LogP contribution is 2.25. The van der Waals surface area contributed by atoms with Crippen LogP contribution in [0.2, 0.25) is 0 Å². The Hall–Kier alpha value is -2.15. The molecule has 0 spiro atoms. The lowest BCUT2D eigenvalue weighted by Gasteiger charge is -2.31. The van der Waals surface area contributed by atoms with Gasteiger partial charge in [-0.05, 0) is 30.7 Å². The van der Waals surface area contributed by atoms with Crippen molar-refractivity contribution in [2.24, 2.45) is 5.92 Å². The smallest absolute Gasteiger partial charge is 0.314 e. The van der Waals surface area contributed by atoms with Crippen LogP contribution in [0.3, 0.4) is 0 Å². The summed E-state index contributed by atoms with van der Waals surface area (Å²) < 4.78 is 4.52. The highest BCUT2D eigenvalue weighted by atomic mass is 32.1. The van der Waals surface area contributed by atoms with Gasteiger partial charge in [0.15, 0.2) is 0 Å². The summed E-state index contributed by atoms with van der Waals surface area (Å²) in [7, 11) is 0. The fraction of sp³-hybridized carbons (Fsp3) is 0.550. The van der Waals surface area contributed by atoms with Crippen LogP contribution in [0.25, 0.3) is 0 Å². The lowest BCUT2D eigenvalue weighted by molar-refractivity contribution is 0.237. The molecule has 7 heteroatoms. The maximum atomic E-state index is 11.7. The third-order valence-electron chi connectivity index (χ3n) is 4.91. The number of hydrogen-bond donors (Lipinski definition) is 2. The van der Waals surface area contributed by atoms with Crippen molar-refractivity contribution >= 4 is 22.7 Å². The standard InChI is InChI=1S/C20H29N5OS/c1-2-3-11-21-19(26)22-15-17-9-12-25(13-10-17)20-23-18(24-27-20)14-16-7-5-4-6-8-16/h4-8,17H,2-3,9-15H2,1H3,(H2,21,22,26). The molecule has 2 N–H and O–H groups in total. The van der Waals surface area contributed by atoms with Gasteiger partial charge >= 0.3 is 6.03 Å². The number of amides is 2. The number of carbonyl (C=O) groups excluding carboxylic acids is 1. The first-order valence-corrected chi connectivity index (χ1v) is 10.6. The number of piperidine rings is 1. The summed E-state index contributed by atoms with van der Waals surface area (Å²) in [5, 5.41) is 6.92. The Kier molecular flexibility index (Phi) is 7.45. The van der Waals surface area contributed by atoms with Crippen LogP contribution in [0.5, 0.6) is 0 Å². The largest absolute Gasteiger partial charge is 0.347 e. The average Bonchev–Trinajstić information content (AvgIpc) is 3.16. The Bertz CT molecular complexity index is 697. The Morgan fingerprint density at radius 3 is 2.74 bits per heavy atom. The third kappa shape index (κ3) is 6.20. The van der Waals surface area contributed by atoms with Gasteiger partial charge in [0.05, 0.1) is 0 Å². The van der Waals surface area contributed by atoms with E-state index in [4.69, 9.17) is 4.98 Å². The molecule has 27 heavy (non-hydrogen) atoms. The second-order valence-corrected chi connectivity index (χ2v) is 7.81. The van der Waals surface area contributed by atoms with Gasteiger partial charge < -0.3 is 15.5 Å². The Labute approximate surface area is 165 Å². The summed E-state index contributed by atoms with van der Waals surface area (Å²) in [6.45, 7) is 5.58. The molecule has 0 unspecified atom stereocenters. The van der Waals surface area contributed by atoms with Crippen LogP contribution in [-0.2, 0) is 6.42 Å². The summed E-state index contributed by atoms with van der Waals surface area (Å²) in [5.74, 6) is 1.43. The molecule has 0 bridgehead atoms. The van der Waals surface area contributed by atoms with E-state index in [-0.39, 0.29) is 6.03 Å². The fourth-order valence-electron chi connectivity index (χ4n) is 3.23. The van der Waals surface area contributed by atoms with Gasteiger partial charge in [-0.15, -0.1) is 0 Å². The molecule has 3 rings (SSSR count). The summed E-state index contributed by atoms with van der Waals surface area (Å²) in [4.78, 5) is 18.8. The molecule has 1 aromatic carbocycles. The molecular weight excluding hydrogens is 358 g/mol. The quantitative estimate of drug-likeness (QED) is 0.681. The number of unbranched alkanes of at least 4 members (excludes halogenated alkanes) is 1. The molecule has 1 fully saturated rings. The van der Waals surface area contributed by atoms with Gasteiger partial charge in [-0.25, -0.2) is 9.78 Å². The van der Waals surface area contributed by atoms with E-state index >= 15 is 0 Å². The lowest BCUT2D eigenvalue weighted by atomic mass is 9.97. The zero-order chi connectivity index (χ0) is 18.9. The van der Waals surface area contributed by atoms with E-state index in [2.05, 4.69) is 39.0 Å². The van der Waals surface area contributed by atoms with Gasteiger partial charge in [0.1, 0.15) is 5.82 Å². The number of carbonyl (C=O) groups is 1. The van der Waals surface area contributed by atoms with Crippen molar-refractivity contribution in [2.45, 2.75) is 39.0 Å². The molecule has 2 amide bonds. The van der Waals surface area contributed by atoms with E-state index in [9.17, 15) is 4.79 Å². The number of hydrogen-bond acceptors (Lipinski definition) is 5. The molecule has 0 saturated carbocycles. The molecule has 146 valence electrons. The summed E-state index contributed by atoms with van der Waals surface area (Å²) >= 11 is 1.49. The van der Waals surface area contributed by atoms with Crippen molar-refractivity contribution in [3.05, 3.63) is 41.7 Å². The van der Waals surface area contributed by atoms with Crippen molar-refractivity contribution < 1.29 is 4.79 Å². The molecule has 0 atom stereocenters. The number of urea groups is 1. The van der Waals surface area contributed by atoms with E-state index < -0.39 is 0 Å². The number of rotatable bonds is 8.